The highest BCUT2D eigenvalue weighted by molar-refractivity contribution is 5.64. The fourth-order valence-corrected chi connectivity index (χ4v) is 4.19. The van der Waals surface area contributed by atoms with E-state index in [2.05, 4.69) is 27.9 Å². The van der Waals surface area contributed by atoms with E-state index in [0.717, 1.165) is 25.8 Å². The number of rotatable bonds is 20. The highest BCUT2D eigenvalue weighted by atomic mass is 16.4. The number of nitrogens with zero attached hydrogens (tertiary/aromatic N) is 1. The Labute approximate surface area is 175 Å². The van der Waals surface area contributed by atoms with Crippen LogP contribution in [0.3, 0.4) is 0 Å². The number of carboxylic acids is 1. The molecule has 0 aliphatic rings. The van der Waals surface area contributed by atoms with Crippen molar-refractivity contribution in [2.24, 2.45) is 0 Å². The fourth-order valence-electron chi connectivity index (χ4n) is 4.19. The number of carbonyl (C=O) groups is 1. The molecule has 0 radical (unpaired) electrons. The molecule has 0 aromatic heterocycles. The molecule has 0 aromatic rings. The van der Waals surface area contributed by atoms with E-state index in [1.165, 1.54) is 70.6 Å². The molecule has 0 rings (SSSR count). The van der Waals surface area contributed by atoms with E-state index >= 15 is 0 Å². The van der Waals surface area contributed by atoms with Gasteiger partial charge in [-0.15, -0.1) is 0 Å². The SMILES string of the molecule is CCCCCCCCCCCCCCC(O)(CC)C[N+](C)(C)CCCC(=O)[O-]. The zero-order valence-corrected chi connectivity index (χ0v) is 19.4. The van der Waals surface area contributed by atoms with Gasteiger partial charge in [-0.3, -0.25) is 0 Å². The van der Waals surface area contributed by atoms with E-state index in [-0.39, 0.29) is 6.42 Å². The van der Waals surface area contributed by atoms with Crippen LogP contribution in [0.4, 0.5) is 0 Å². The van der Waals surface area contributed by atoms with E-state index < -0.39 is 11.6 Å². The van der Waals surface area contributed by atoms with Crippen molar-refractivity contribution in [1.82, 2.24) is 0 Å². The molecular weight excluding hydrogens is 350 g/mol. The monoisotopic (exact) mass is 399 g/mol. The first-order chi connectivity index (χ1) is 13.2. The van der Waals surface area contributed by atoms with Gasteiger partial charge in [-0.1, -0.05) is 90.9 Å². The lowest BCUT2D eigenvalue weighted by molar-refractivity contribution is -0.897. The number of hydrogen-bond acceptors (Lipinski definition) is 3. The van der Waals surface area contributed by atoms with Crippen LogP contribution in [0.1, 0.15) is 117 Å². The molecule has 1 unspecified atom stereocenters. The molecule has 0 fully saturated rings. The van der Waals surface area contributed by atoms with Gasteiger partial charge in [0.25, 0.3) is 0 Å². The van der Waals surface area contributed by atoms with Gasteiger partial charge in [0.05, 0.1) is 20.6 Å². The van der Waals surface area contributed by atoms with Gasteiger partial charge >= 0.3 is 0 Å². The number of unbranched alkanes of at least 4 members (excludes halogenated alkanes) is 11. The third-order valence-electron chi connectivity index (χ3n) is 6.02. The molecule has 1 N–H and O–H groups in total. The van der Waals surface area contributed by atoms with Crippen molar-refractivity contribution in [1.29, 1.82) is 0 Å². The molecule has 0 aromatic carbocycles. The lowest BCUT2D eigenvalue weighted by atomic mass is 9.91. The van der Waals surface area contributed by atoms with Gasteiger partial charge in [-0.25, -0.2) is 0 Å². The third-order valence-corrected chi connectivity index (χ3v) is 6.02. The van der Waals surface area contributed by atoms with Gasteiger partial charge < -0.3 is 19.5 Å². The predicted molar refractivity (Wildman–Crippen MR) is 117 cm³/mol. The van der Waals surface area contributed by atoms with Crippen LogP contribution < -0.4 is 5.11 Å². The number of hydrogen-bond donors (Lipinski definition) is 1. The molecule has 168 valence electrons. The van der Waals surface area contributed by atoms with E-state index in [1.807, 2.05) is 0 Å². The van der Waals surface area contributed by atoms with Crippen LogP contribution in [0.2, 0.25) is 0 Å². The molecule has 4 heteroatoms. The summed E-state index contributed by atoms with van der Waals surface area (Å²) in [6.45, 7) is 5.77. The lowest BCUT2D eigenvalue weighted by Crippen LogP contribution is -2.52. The minimum absolute atomic E-state index is 0.102. The molecule has 0 saturated carbocycles. The van der Waals surface area contributed by atoms with Crippen molar-refractivity contribution in [2.45, 2.75) is 122 Å². The first-order valence-corrected chi connectivity index (χ1v) is 12.0. The van der Waals surface area contributed by atoms with Crippen LogP contribution >= 0.6 is 0 Å². The predicted octanol–water partition coefficient (Wildman–Crippen LogP) is 4.83. The van der Waals surface area contributed by atoms with E-state index in [0.29, 0.717) is 17.4 Å². The Morgan fingerprint density at radius 1 is 0.821 bits per heavy atom. The fraction of sp³-hybridized carbons (Fsp3) is 0.958. The Morgan fingerprint density at radius 3 is 1.71 bits per heavy atom. The number of likely N-dealkylation sites (N-methyl/N-ethyl adjacent to an activating group) is 1. The smallest absolute Gasteiger partial charge is 0.113 e. The van der Waals surface area contributed by atoms with Gasteiger partial charge in [-0.05, 0) is 19.3 Å². The Balaban J connectivity index is 3.81. The zero-order valence-electron chi connectivity index (χ0n) is 19.4. The first-order valence-electron chi connectivity index (χ1n) is 12.0. The lowest BCUT2D eigenvalue weighted by Gasteiger charge is -2.38. The van der Waals surface area contributed by atoms with Crippen molar-refractivity contribution in [3.05, 3.63) is 0 Å². The molecule has 0 aliphatic heterocycles. The molecule has 0 amide bonds. The van der Waals surface area contributed by atoms with Crippen molar-refractivity contribution in [3.8, 4) is 0 Å². The average Bonchev–Trinajstić information content (AvgIpc) is 2.61. The summed E-state index contributed by atoms with van der Waals surface area (Å²) in [4.78, 5) is 10.6. The summed E-state index contributed by atoms with van der Waals surface area (Å²) >= 11 is 0. The minimum Gasteiger partial charge on any atom is -0.550 e. The maximum atomic E-state index is 11.0. The highest BCUT2D eigenvalue weighted by Gasteiger charge is 2.32. The van der Waals surface area contributed by atoms with Crippen LogP contribution in [0.15, 0.2) is 0 Å². The molecule has 0 saturated heterocycles. The Morgan fingerprint density at radius 2 is 1.29 bits per heavy atom. The summed E-state index contributed by atoms with van der Waals surface area (Å²) in [6.07, 6.45) is 18.3. The second kappa shape index (κ2) is 16.2. The van der Waals surface area contributed by atoms with Crippen molar-refractivity contribution < 1.29 is 19.5 Å². The minimum atomic E-state index is -0.984. The van der Waals surface area contributed by atoms with Gasteiger partial charge in [0.2, 0.25) is 0 Å². The molecular formula is C24H49NO3. The summed E-state index contributed by atoms with van der Waals surface area (Å²) in [5.74, 6) is -0.984. The van der Waals surface area contributed by atoms with Gasteiger partial charge in [0, 0.05) is 12.4 Å². The maximum Gasteiger partial charge on any atom is 0.113 e. The maximum absolute atomic E-state index is 11.0. The van der Waals surface area contributed by atoms with E-state index in [1.54, 1.807) is 0 Å². The van der Waals surface area contributed by atoms with Crippen molar-refractivity contribution in [2.75, 3.05) is 27.2 Å². The Hall–Kier alpha value is -0.610. The number of aliphatic carboxylic acids is 1. The van der Waals surface area contributed by atoms with Crippen LogP contribution in [0.25, 0.3) is 0 Å². The van der Waals surface area contributed by atoms with E-state index in [4.69, 9.17) is 0 Å². The highest BCUT2D eigenvalue weighted by Crippen LogP contribution is 2.23. The number of carboxylic acid groups (broad SMARTS) is 1. The Bertz CT molecular complexity index is 384. The molecule has 0 spiro atoms. The molecule has 0 aliphatic carbocycles. The quantitative estimate of drug-likeness (QED) is 0.236. The number of aliphatic hydroxyl groups is 1. The Kier molecular flexibility index (Phi) is 15.9. The van der Waals surface area contributed by atoms with Gasteiger partial charge in [-0.2, -0.15) is 0 Å². The molecule has 0 bridgehead atoms. The van der Waals surface area contributed by atoms with Gasteiger partial charge in [0.15, 0.2) is 0 Å². The summed E-state index contributed by atoms with van der Waals surface area (Å²) in [6, 6.07) is 0. The summed E-state index contributed by atoms with van der Waals surface area (Å²) in [7, 11) is 4.16. The van der Waals surface area contributed by atoms with Crippen LogP contribution in [0.5, 0.6) is 0 Å². The molecule has 0 heterocycles. The summed E-state index contributed by atoms with van der Waals surface area (Å²) in [5.41, 5.74) is -0.635. The number of carbonyl (C=O) groups excluding carboxylic acids is 1. The van der Waals surface area contributed by atoms with Crippen molar-refractivity contribution in [3.63, 3.8) is 0 Å². The van der Waals surface area contributed by atoms with Crippen LogP contribution in [-0.2, 0) is 4.79 Å². The first kappa shape index (κ1) is 27.4. The van der Waals surface area contributed by atoms with Crippen LogP contribution in [0, 0.1) is 0 Å². The van der Waals surface area contributed by atoms with E-state index in [9.17, 15) is 15.0 Å². The van der Waals surface area contributed by atoms with Crippen molar-refractivity contribution >= 4 is 5.97 Å². The molecule has 28 heavy (non-hydrogen) atoms. The second-order valence-electron chi connectivity index (χ2n) is 9.51. The second-order valence-corrected chi connectivity index (χ2v) is 9.51. The summed E-state index contributed by atoms with van der Waals surface area (Å²) in [5, 5.41) is 21.6. The number of quaternary nitrogens is 1. The zero-order chi connectivity index (χ0) is 21.3. The molecule has 4 nitrogen and oxygen atoms in total. The average molecular weight is 400 g/mol. The largest absolute Gasteiger partial charge is 0.550 e. The topological polar surface area (TPSA) is 60.4 Å². The third kappa shape index (κ3) is 16.4. The standard InChI is InChI=1S/C24H49NO3/c1-5-7-8-9-10-11-12-13-14-15-16-17-20-24(28,6-2)22-25(3,4)21-18-19-23(26)27/h28H,5-22H2,1-4H3. The van der Waals surface area contributed by atoms with Crippen LogP contribution in [-0.4, -0.2) is 48.3 Å². The molecule has 1 atom stereocenters. The van der Waals surface area contributed by atoms with Gasteiger partial charge in [0.1, 0.15) is 12.1 Å². The summed E-state index contributed by atoms with van der Waals surface area (Å²) < 4.78 is 0.663. The normalized spacial score (nSPS) is 14.2.